The van der Waals surface area contributed by atoms with Gasteiger partial charge in [0.2, 0.25) is 0 Å². The van der Waals surface area contributed by atoms with Gasteiger partial charge in [0.25, 0.3) is 0 Å². The summed E-state index contributed by atoms with van der Waals surface area (Å²) in [6.45, 7) is 11.8. The van der Waals surface area contributed by atoms with E-state index < -0.39 is 11.7 Å². The Bertz CT molecular complexity index is 531. The fourth-order valence-electron chi connectivity index (χ4n) is 2.32. The van der Waals surface area contributed by atoms with Crippen LogP contribution in [0.2, 0.25) is 0 Å². The van der Waals surface area contributed by atoms with E-state index in [2.05, 4.69) is 24.1 Å². The number of aromatic nitrogens is 1. The molecule has 0 saturated heterocycles. The zero-order chi connectivity index (χ0) is 15.3. The second-order valence-corrected chi connectivity index (χ2v) is 7.95. The summed E-state index contributed by atoms with van der Waals surface area (Å²) in [5.41, 5.74) is 6.64. The van der Waals surface area contributed by atoms with Gasteiger partial charge in [-0.3, -0.25) is 5.32 Å². The average molecular weight is 297 g/mol. The number of rotatable bonds is 2. The third kappa shape index (κ3) is 2.96. The lowest BCUT2D eigenvalue weighted by Crippen LogP contribution is -2.27. The van der Waals surface area contributed by atoms with Crippen LogP contribution in [0.15, 0.2) is 0 Å². The molecular weight excluding hydrogens is 274 g/mol. The molecule has 3 N–H and O–H groups in total. The second kappa shape index (κ2) is 4.70. The van der Waals surface area contributed by atoms with E-state index in [1.165, 1.54) is 11.3 Å². The second-order valence-electron chi connectivity index (χ2n) is 6.92. The van der Waals surface area contributed by atoms with E-state index in [0.29, 0.717) is 11.0 Å². The number of aryl methyl sites for hydroxylation is 1. The van der Waals surface area contributed by atoms with Crippen molar-refractivity contribution in [1.29, 1.82) is 0 Å². The fraction of sp³-hybridized carbons (Fsp3) is 0.714. The van der Waals surface area contributed by atoms with Crippen LogP contribution < -0.4 is 11.1 Å². The highest BCUT2D eigenvalue weighted by atomic mass is 32.1. The van der Waals surface area contributed by atoms with Gasteiger partial charge in [0.1, 0.15) is 5.60 Å². The molecule has 112 valence electrons. The van der Waals surface area contributed by atoms with E-state index in [9.17, 15) is 4.79 Å². The van der Waals surface area contributed by atoms with Gasteiger partial charge in [0, 0.05) is 16.8 Å². The molecule has 0 radical (unpaired) electrons. The molecule has 2 rings (SSSR count). The summed E-state index contributed by atoms with van der Waals surface area (Å²) < 4.78 is 5.22. The van der Waals surface area contributed by atoms with Gasteiger partial charge in [0.05, 0.1) is 5.69 Å². The van der Waals surface area contributed by atoms with Gasteiger partial charge in [-0.05, 0) is 33.1 Å². The molecule has 0 unspecified atom stereocenters. The first-order valence-corrected chi connectivity index (χ1v) is 7.57. The van der Waals surface area contributed by atoms with E-state index in [0.717, 1.165) is 10.6 Å². The minimum absolute atomic E-state index is 0.112. The standard InChI is InChI=1S/C14H23N3O2S/c1-7-9(8-10(15)14(8,5)6)20-11(16-7)17-12(18)19-13(2,3)4/h8,10H,15H2,1-6H3,(H,16,17,18)/t8-,10-/m0/s1. The predicted molar refractivity (Wildman–Crippen MR) is 81.2 cm³/mol. The average Bonchev–Trinajstić information content (AvgIpc) is 2.57. The number of nitrogens with one attached hydrogen (secondary N) is 1. The van der Waals surface area contributed by atoms with Crippen LogP contribution in [-0.4, -0.2) is 22.7 Å². The predicted octanol–water partition coefficient (Wildman–Crippen LogP) is 3.25. The summed E-state index contributed by atoms with van der Waals surface area (Å²) in [5.74, 6) is 0.328. The van der Waals surface area contributed by atoms with Crippen molar-refractivity contribution >= 4 is 22.6 Å². The Morgan fingerprint density at radius 2 is 2.00 bits per heavy atom. The number of thiazole rings is 1. The Morgan fingerprint density at radius 1 is 1.45 bits per heavy atom. The van der Waals surface area contributed by atoms with E-state index >= 15 is 0 Å². The molecule has 0 bridgehead atoms. The maximum Gasteiger partial charge on any atom is 0.413 e. The van der Waals surface area contributed by atoms with Crippen molar-refractivity contribution < 1.29 is 9.53 Å². The molecule has 0 aromatic carbocycles. The van der Waals surface area contributed by atoms with Crippen molar-refractivity contribution in [3.05, 3.63) is 10.6 Å². The van der Waals surface area contributed by atoms with Gasteiger partial charge in [-0.1, -0.05) is 13.8 Å². The van der Waals surface area contributed by atoms with Gasteiger partial charge in [-0.15, -0.1) is 11.3 Å². The number of ether oxygens (including phenoxy) is 1. The Hall–Kier alpha value is -1.14. The molecule has 2 atom stereocenters. The summed E-state index contributed by atoms with van der Waals surface area (Å²) >= 11 is 1.49. The van der Waals surface area contributed by atoms with Crippen molar-refractivity contribution in [2.45, 2.75) is 59.1 Å². The molecule has 0 aliphatic heterocycles. The first-order chi connectivity index (χ1) is 9.02. The van der Waals surface area contributed by atoms with Crippen LogP contribution in [0.4, 0.5) is 9.93 Å². The molecule has 1 amide bonds. The molecule has 1 aliphatic rings. The zero-order valence-electron chi connectivity index (χ0n) is 12.9. The molecule has 1 heterocycles. The van der Waals surface area contributed by atoms with Crippen molar-refractivity contribution in [1.82, 2.24) is 4.98 Å². The monoisotopic (exact) mass is 297 g/mol. The lowest BCUT2D eigenvalue weighted by molar-refractivity contribution is 0.0636. The summed E-state index contributed by atoms with van der Waals surface area (Å²) in [4.78, 5) is 17.3. The fourth-order valence-corrected chi connectivity index (χ4v) is 3.62. The lowest BCUT2D eigenvalue weighted by Gasteiger charge is -2.18. The lowest BCUT2D eigenvalue weighted by atomic mass is 10.1. The van der Waals surface area contributed by atoms with Crippen molar-refractivity contribution in [2.24, 2.45) is 11.1 Å². The molecule has 0 spiro atoms. The summed E-state index contributed by atoms with van der Waals surface area (Å²) in [6, 6.07) is 0.163. The van der Waals surface area contributed by atoms with Crippen LogP contribution in [0.25, 0.3) is 0 Å². The maximum atomic E-state index is 11.7. The first kappa shape index (κ1) is 15.3. The van der Waals surface area contributed by atoms with Crippen LogP contribution in [0.1, 0.15) is 51.1 Å². The van der Waals surface area contributed by atoms with Crippen LogP contribution in [0.5, 0.6) is 0 Å². The number of nitrogens with zero attached hydrogens (tertiary/aromatic N) is 1. The smallest absolute Gasteiger partial charge is 0.413 e. The number of carbonyl (C=O) groups is 1. The molecule has 1 aromatic rings. The third-order valence-electron chi connectivity index (χ3n) is 3.63. The molecule has 6 heteroatoms. The van der Waals surface area contributed by atoms with Crippen molar-refractivity contribution in [3.63, 3.8) is 0 Å². The first-order valence-electron chi connectivity index (χ1n) is 6.75. The normalized spacial score (nSPS) is 24.4. The molecule has 1 aromatic heterocycles. The van der Waals surface area contributed by atoms with Crippen LogP contribution in [0, 0.1) is 12.3 Å². The van der Waals surface area contributed by atoms with Crippen LogP contribution in [-0.2, 0) is 4.74 Å². The zero-order valence-corrected chi connectivity index (χ0v) is 13.7. The number of anilines is 1. The van der Waals surface area contributed by atoms with Gasteiger partial charge >= 0.3 is 6.09 Å². The highest BCUT2D eigenvalue weighted by Crippen LogP contribution is 2.59. The molecule has 1 aliphatic carbocycles. The van der Waals surface area contributed by atoms with Gasteiger partial charge in [-0.25, -0.2) is 9.78 Å². The highest BCUT2D eigenvalue weighted by molar-refractivity contribution is 7.16. The Kier molecular flexibility index (Phi) is 3.59. The molecule has 1 fully saturated rings. The SMILES string of the molecule is Cc1nc(NC(=O)OC(C)(C)C)sc1[C@H]1[C@H](N)C1(C)C. The molecular formula is C14H23N3O2S. The van der Waals surface area contributed by atoms with Crippen molar-refractivity contribution in [3.8, 4) is 0 Å². The van der Waals surface area contributed by atoms with E-state index in [-0.39, 0.29) is 11.5 Å². The minimum Gasteiger partial charge on any atom is -0.444 e. The number of hydrogen-bond acceptors (Lipinski definition) is 5. The molecule has 5 nitrogen and oxygen atoms in total. The summed E-state index contributed by atoms with van der Waals surface area (Å²) in [7, 11) is 0. The number of nitrogens with two attached hydrogens (primary N) is 1. The maximum absolute atomic E-state index is 11.7. The number of hydrogen-bond donors (Lipinski definition) is 2. The number of amides is 1. The summed E-state index contributed by atoms with van der Waals surface area (Å²) in [6.07, 6.45) is -0.475. The van der Waals surface area contributed by atoms with Crippen LogP contribution in [0.3, 0.4) is 0 Å². The van der Waals surface area contributed by atoms with Gasteiger partial charge in [-0.2, -0.15) is 0 Å². The van der Waals surface area contributed by atoms with Gasteiger partial charge in [0.15, 0.2) is 5.13 Å². The van der Waals surface area contributed by atoms with E-state index in [4.69, 9.17) is 10.5 Å². The topological polar surface area (TPSA) is 77.2 Å². The minimum atomic E-state index is -0.514. The quantitative estimate of drug-likeness (QED) is 0.878. The third-order valence-corrected chi connectivity index (χ3v) is 4.79. The Morgan fingerprint density at radius 3 is 2.45 bits per heavy atom. The van der Waals surface area contributed by atoms with Crippen molar-refractivity contribution in [2.75, 3.05) is 5.32 Å². The highest BCUT2D eigenvalue weighted by Gasteiger charge is 2.57. The Labute approximate surface area is 123 Å². The molecule has 1 saturated carbocycles. The number of carbonyl (C=O) groups excluding carboxylic acids is 1. The van der Waals surface area contributed by atoms with E-state index in [1.807, 2.05) is 27.7 Å². The largest absolute Gasteiger partial charge is 0.444 e. The Balaban J connectivity index is 2.07. The van der Waals surface area contributed by atoms with Gasteiger partial charge < -0.3 is 10.5 Å². The summed E-state index contributed by atoms with van der Waals surface area (Å²) in [5, 5.41) is 3.26. The molecule has 20 heavy (non-hydrogen) atoms. The van der Waals surface area contributed by atoms with Crippen LogP contribution >= 0.6 is 11.3 Å². The van der Waals surface area contributed by atoms with E-state index in [1.54, 1.807) is 0 Å².